The summed E-state index contributed by atoms with van der Waals surface area (Å²) in [7, 11) is 1.49. The summed E-state index contributed by atoms with van der Waals surface area (Å²) in [5.74, 6) is -2.56. The molecule has 1 N–H and O–H groups in total. The van der Waals surface area contributed by atoms with E-state index < -0.39 is 17.5 Å². The first-order valence-electron chi connectivity index (χ1n) is 4.91. The quantitative estimate of drug-likeness (QED) is 0.825. The molecule has 3 nitrogen and oxygen atoms in total. The number of alkyl halides is 1. The van der Waals surface area contributed by atoms with Crippen molar-refractivity contribution in [2.75, 3.05) is 20.3 Å². The number of benzene rings is 1. The van der Waals surface area contributed by atoms with E-state index in [4.69, 9.17) is 16.3 Å². The molecule has 1 atom stereocenters. The van der Waals surface area contributed by atoms with E-state index in [1.807, 2.05) is 0 Å². The van der Waals surface area contributed by atoms with Crippen molar-refractivity contribution >= 4 is 17.5 Å². The lowest BCUT2D eigenvalue weighted by molar-refractivity contribution is 0.0948. The summed E-state index contributed by atoms with van der Waals surface area (Å²) in [5.41, 5.74) is 0.0465. The van der Waals surface area contributed by atoms with E-state index in [1.54, 1.807) is 0 Å². The molecule has 0 saturated carbocycles. The van der Waals surface area contributed by atoms with E-state index in [1.165, 1.54) is 13.2 Å². The van der Waals surface area contributed by atoms with Gasteiger partial charge in [-0.05, 0) is 18.2 Å². The van der Waals surface area contributed by atoms with Gasteiger partial charge in [-0.15, -0.1) is 11.6 Å². The predicted molar refractivity (Wildman–Crippen MR) is 60.2 cm³/mol. The maximum absolute atomic E-state index is 12.9. The topological polar surface area (TPSA) is 38.3 Å². The van der Waals surface area contributed by atoms with Crippen LogP contribution in [0.1, 0.15) is 10.4 Å². The first-order chi connectivity index (χ1) is 8.04. The minimum Gasteiger partial charge on any atom is -0.383 e. The molecule has 1 unspecified atom stereocenters. The molecule has 0 aliphatic carbocycles. The van der Waals surface area contributed by atoms with Crippen molar-refractivity contribution in [2.45, 2.75) is 5.38 Å². The van der Waals surface area contributed by atoms with E-state index in [2.05, 4.69) is 5.32 Å². The third-order valence-corrected chi connectivity index (χ3v) is 2.29. The minimum absolute atomic E-state index is 0.0465. The van der Waals surface area contributed by atoms with Crippen LogP contribution in [0.5, 0.6) is 0 Å². The lowest BCUT2D eigenvalue weighted by atomic mass is 10.2. The van der Waals surface area contributed by atoms with Crippen molar-refractivity contribution in [3.63, 3.8) is 0 Å². The van der Waals surface area contributed by atoms with Gasteiger partial charge >= 0.3 is 0 Å². The first kappa shape index (κ1) is 13.9. The number of methoxy groups -OCH3 is 1. The van der Waals surface area contributed by atoms with Crippen LogP contribution >= 0.6 is 11.6 Å². The molecule has 1 rings (SSSR count). The normalized spacial score (nSPS) is 12.2. The molecular weight excluding hydrogens is 252 g/mol. The zero-order valence-electron chi connectivity index (χ0n) is 9.17. The third kappa shape index (κ3) is 4.28. The fourth-order valence-corrected chi connectivity index (χ4v) is 1.39. The van der Waals surface area contributed by atoms with Crippen LogP contribution < -0.4 is 5.32 Å². The molecule has 0 aromatic heterocycles. The molecular formula is C11H12ClF2NO2. The molecule has 1 amide bonds. The SMILES string of the molecule is COCC(Cl)CNC(=O)c1ccc(F)c(F)c1. The number of hydrogen-bond acceptors (Lipinski definition) is 2. The number of halogens is 3. The van der Waals surface area contributed by atoms with Crippen LogP contribution in [-0.2, 0) is 4.74 Å². The second kappa shape index (κ2) is 6.51. The van der Waals surface area contributed by atoms with E-state index in [9.17, 15) is 13.6 Å². The maximum atomic E-state index is 12.9. The average molecular weight is 264 g/mol. The predicted octanol–water partition coefficient (Wildman–Crippen LogP) is 1.95. The Morgan fingerprint density at radius 3 is 2.76 bits per heavy atom. The zero-order valence-corrected chi connectivity index (χ0v) is 9.93. The van der Waals surface area contributed by atoms with Gasteiger partial charge in [0.05, 0.1) is 12.0 Å². The lowest BCUT2D eigenvalue weighted by Gasteiger charge is -2.09. The minimum atomic E-state index is -1.06. The van der Waals surface area contributed by atoms with Crippen molar-refractivity contribution in [3.05, 3.63) is 35.4 Å². The number of rotatable bonds is 5. The van der Waals surface area contributed by atoms with Crippen molar-refractivity contribution in [2.24, 2.45) is 0 Å². The van der Waals surface area contributed by atoms with Crippen LogP contribution in [0.4, 0.5) is 8.78 Å². The summed E-state index contributed by atoms with van der Waals surface area (Å²) >= 11 is 5.80. The van der Waals surface area contributed by atoms with Crippen LogP contribution in [0.3, 0.4) is 0 Å². The second-order valence-electron chi connectivity index (χ2n) is 3.39. The summed E-state index contributed by atoms with van der Waals surface area (Å²) in [6.07, 6.45) is 0. The number of ether oxygens (including phenoxy) is 1. The molecule has 0 fully saturated rings. The standard InChI is InChI=1S/C11H12ClF2NO2/c1-17-6-8(12)5-15-11(16)7-2-3-9(13)10(14)4-7/h2-4,8H,5-6H2,1H3,(H,15,16). The highest BCUT2D eigenvalue weighted by atomic mass is 35.5. The van der Waals surface area contributed by atoms with Crippen LogP contribution in [0, 0.1) is 11.6 Å². The Kier molecular flexibility index (Phi) is 5.31. The smallest absolute Gasteiger partial charge is 0.251 e. The van der Waals surface area contributed by atoms with E-state index in [-0.39, 0.29) is 17.5 Å². The van der Waals surface area contributed by atoms with Gasteiger partial charge in [-0.2, -0.15) is 0 Å². The molecule has 0 radical (unpaired) electrons. The Morgan fingerprint density at radius 1 is 1.47 bits per heavy atom. The Hall–Kier alpha value is -1.20. The Balaban J connectivity index is 2.55. The fourth-order valence-electron chi connectivity index (χ4n) is 1.18. The molecule has 0 aliphatic rings. The molecule has 6 heteroatoms. The summed E-state index contributed by atoms with van der Waals surface area (Å²) in [4.78, 5) is 11.5. The van der Waals surface area contributed by atoms with E-state index in [0.29, 0.717) is 6.61 Å². The van der Waals surface area contributed by atoms with Crippen molar-refractivity contribution < 1.29 is 18.3 Å². The maximum Gasteiger partial charge on any atom is 0.251 e. The highest BCUT2D eigenvalue weighted by Crippen LogP contribution is 2.08. The highest BCUT2D eigenvalue weighted by Gasteiger charge is 2.11. The van der Waals surface area contributed by atoms with Gasteiger partial charge in [0.15, 0.2) is 11.6 Å². The number of amides is 1. The summed E-state index contributed by atoms with van der Waals surface area (Å²) in [6, 6.07) is 2.94. The molecule has 1 aromatic carbocycles. The first-order valence-corrected chi connectivity index (χ1v) is 5.34. The molecule has 0 bridgehead atoms. The summed E-state index contributed by atoms with van der Waals surface area (Å²) < 4.78 is 30.3. The number of carbonyl (C=O) groups excluding carboxylic acids is 1. The van der Waals surface area contributed by atoms with Crippen LogP contribution in [0.15, 0.2) is 18.2 Å². The Bertz CT molecular complexity index is 401. The van der Waals surface area contributed by atoms with E-state index in [0.717, 1.165) is 12.1 Å². The molecule has 1 aromatic rings. The van der Waals surface area contributed by atoms with Gasteiger partial charge < -0.3 is 10.1 Å². The van der Waals surface area contributed by atoms with Crippen molar-refractivity contribution in [1.29, 1.82) is 0 Å². The van der Waals surface area contributed by atoms with Gasteiger partial charge in [0.25, 0.3) is 5.91 Å². The molecule has 0 heterocycles. The molecule has 0 saturated heterocycles. The Morgan fingerprint density at radius 2 is 2.18 bits per heavy atom. The Labute approximate surface area is 103 Å². The molecule has 0 aliphatic heterocycles. The van der Waals surface area contributed by atoms with Gasteiger partial charge in [0.2, 0.25) is 0 Å². The van der Waals surface area contributed by atoms with Crippen molar-refractivity contribution in [1.82, 2.24) is 5.32 Å². The van der Waals surface area contributed by atoms with Crippen LogP contribution in [0.2, 0.25) is 0 Å². The number of hydrogen-bond donors (Lipinski definition) is 1. The van der Waals surface area contributed by atoms with Gasteiger partial charge in [-0.25, -0.2) is 8.78 Å². The van der Waals surface area contributed by atoms with Gasteiger partial charge in [0, 0.05) is 19.2 Å². The van der Waals surface area contributed by atoms with Gasteiger partial charge in [-0.3, -0.25) is 4.79 Å². The lowest BCUT2D eigenvalue weighted by Crippen LogP contribution is -2.31. The number of carbonyl (C=O) groups is 1. The third-order valence-electron chi connectivity index (χ3n) is 2.01. The largest absolute Gasteiger partial charge is 0.383 e. The second-order valence-corrected chi connectivity index (χ2v) is 4.01. The monoisotopic (exact) mass is 263 g/mol. The number of nitrogens with one attached hydrogen (secondary N) is 1. The summed E-state index contributed by atoms with van der Waals surface area (Å²) in [5, 5.41) is 2.12. The van der Waals surface area contributed by atoms with Crippen molar-refractivity contribution in [3.8, 4) is 0 Å². The molecule has 94 valence electrons. The van der Waals surface area contributed by atoms with Gasteiger partial charge in [0.1, 0.15) is 0 Å². The zero-order chi connectivity index (χ0) is 12.8. The molecule has 17 heavy (non-hydrogen) atoms. The van der Waals surface area contributed by atoms with Crippen LogP contribution in [-0.4, -0.2) is 31.5 Å². The van der Waals surface area contributed by atoms with Gasteiger partial charge in [-0.1, -0.05) is 0 Å². The van der Waals surface area contributed by atoms with E-state index >= 15 is 0 Å². The average Bonchev–Trinajstić information content (AvgIpc) is 2.30. The molecule has 0 spiro atoms. The summed E-state index contributed by atoms with van der Waals surface area (Å²) in [6.45, 7) is 0.479. The highest BCUT2D eigenvalue weighted by molar-refractivity contribution is 6.21. The van der Waals surface area contributed by atoms with Crippen LogP contribution in [0.25, 0.3) is 0 Å². The fraction of sp³-hybridized carbons (Fsp3) is 0.364.